The van der Waals surface area contributed by atoms with Gasteiger partial charge in [-0.1, -0.05) is 13.8 Å². The highest BCUT2D eigenvalue weighted by Crippen LogP contribution is 2.35. The number of rotatable bonds is 4. The largest absolute Gasteiger partial charge is 0.378 e. The maximum atomic E-state index is 12.3. The lowest BCUT2D eigenvalue weighted by Gasteiger charge is -2.32. The molecule has 5 unspecified atom stereocenters. The van der Waals surface area contributed by atoms with Gasteiger partial charge in [0.25, 0.3) is 0 Å². The summed E-state index contributed by atoms with van der Waals surface area (Å²) in [7, 11) is 0. The van der Waals surface area contributed by atoms with E-state index in [9.17, 15) is 4.79 Å². The molecule has 0 amide bonds. The van der Waals surface area contributed by atoms with Gasteiger partial charge in [0.2, 0.25) is 0 Å². The molecule has 2 fully saturated rings. The minimum absolute atomic E-state index is 0.364. The van der Waals surface area contributed by atoms with Gasteiger partial charge in [0.1, 0.15) is 5.78 Å². The highest BCUT2D eigenvalue weighted by Gasteiger charge is 2.29. The van der Waals surface area contributed by atoms with E-state index in [1.165, 1.54) is 6.42 Å². The first-order chi connectivity index (χ1) is 9.06. The van der Waals surface area contributed by atoms with Crippen LogP contribution in [0, 0.1) is 23.7 Å². The first-order valence-electron chi connectivity index (χ1n) is 8.20. The molecule has 2 heteroatoms. The van der Waals surface area contributed by atoms with Crippen molar-refractivity contribution in [2.45, 2.75) is 71.8 Å². The Morgan fingerprint density at radius 3 is 2.53 bits per heavy atom. The Bertz CT molecular complexity index is 300. The summed E-state index contributed by atoms with van der Waals surface area (Å²) in [6.07, 6.45) is 8.09. The quantitative estimate of drug-likeness (QED) is 0.761. The van der Waals surface area contributed by atoms with Gasteiger partial charge in [-0.25, -0.2) is 0 Å². The predicted octanol–water partition coefficient (Wildman–Crippen LogP) is 4.22. The van der Waals surface area contributed by atoms with Gasteiger partial charge in [-0.05, 0) is 63.2 Å². The number of carbonyl (C=O) groups excluding carboxylic acids is 1. The molecule has 1 aliphatic heterocycles. The zero-order chi connectivity index (χ0) is 13.8. The molecule has 2 aliphatic rings. The number of carbonyl (C=O) groups is 1. The molecule has 2 nitrogen and oxygen atoms in total. The second kappa shape index (κ2) is 6.88. The zero-order valence-corrected chi connectivity index (χ0v) is 12.9. The average molecular weight is 266 g/mol. The third-order valence-electron chi connectivity index (χ3n) is 5.45. The molecule has 0 bridgehead atoms. The Morgan fingerprint density at radius 1 is 1.05 bits per heavy atom. The van der Waals surface area contributed by atoms with Crippen LogP contribution >= 0.6 is 0 Å². The van der Waals surface area contributed by atoms with Gasteiger partial charge < -0.3 is 4.74 Å². The average Bonchev–Trinajstić information content (AvgIpc) is 2.39. The third-order valence-corrected chi connectivity index (χ3v) is 5.45. The molecule has 1 saturated heterocycles. The minimum atomic E-state index is 0.364. The smallest absolute Gasteiger partial charge is 0.135 e. The SMILES string of the molecule is CC1CC(CCC(=O)C2CCC(C)C(C)C2)CCO1. The summed E-state index contributed by atoms with van der Waals surface area (Å²) in [6, 6.07) is 0. The van der Waals surface area contributed by atoms with Crippen molar-refractivity contribution in [3.63, 3.8) is 0 Å². The maximum absolute atomic E-state index is 12.3. The van der Waals surface area contributed by atoms with Crippen LogP contribution in [-0.4, -0.2) is 18.5 Å². The van der Waals surface area contributed by atoms with Crippen molar-refractivity contribution in [1.82, 2.24) is 0 Å². The van der Waals surface area contributed by atoms with Crippen molar-refractivity contribution in [2.75, 3.05) is 6.61 Å². The Balaban J connectivity index is 1.72. The summed E-state index contributed by atoms with van der Waals surface area (Å²) in [5.41, 5.74) is 0. The fraction of sp³-hybridized carbons (Fsp3) is 0.941. The van der Waals surface area contributed by atoms with Crippen molar-refractivity contribution in [3.8, 4) is 0 Å². The van der Waals surface area contributed by atoms with Crippen LogP contribution in [0.15, 0.2) is 0 Å². The molecule has 1 heterocycles. The van der Waals surface area contributed by atoms with Crippen molar-refractivity contribution in [2.24, 2.45) is 23.7 Å². The standard InChI is InChI=1S/C17H30O2/c1-12-4-6-16(10-13(12)2)17(18)7-5-15-8-9-19-14(3)11-15/h12-16H,4-11H2,1-3H3. The van der Waals surface area contributed by atoms with Gasteiger partial charge in [0, 0.05) is 18.9 Å². The van der Waals surface area contributed by atoms with E-state index < -0.39 is 0 Å². The van der Waals surface area contributed by atoms with Gasteiger partial charge >= 0.3 is 0 Å². The summed E-state index contributed by atoms with van der Waals surface area (Å²) in [5, 5.41) is 0. The van der Waals surface area contributed by atoms with Crippen molar-refractivity contribution >= 4 is 5.78 Å². The second-order valence-electron chi connectivity index (χ2n) is 7.04. The van der Waals surface area contributed by atoms with E-state index in [4.69, 9.17) is 4.74 Å². The molecule has 0 spiro atoms. The van der Waals surface area contributed by atoms with E-state index in [0.29, 0.717) is 23.7 Å². The van der Waals surface area contributed by atoms with Crippen LogP contribution in [0.25, 0.3) is 0 Å². The molecule has 0 aromatic heterocycles. The van der Waals surface area contributed by atoms with Crippen LogP contribution in [0.3, 0.4) is 0 Å². The highest BCUT2D eigenvalue weighted by atomic mass is 16.5. The molecule has 110 valence electrons. The molecule has 1 aliphatic carbocycles. The summed E-state index contributed by atoms with van der Waals surface area (Å²) in [4.78, 5) is 12.3. The number of Topliss-reactive ketones (excluding diaryl/α,β-unsaturated/α-hetero) is 1. The van der Waals surface area contributed by atoms with Crippen LogP contribution < -0.4 is 0 Å². The predicted molar refractivity (Wildman–Crippen MR) is 78.0 cm³/mol. The highest BCUT2D eigenvalue weighted by molar-refractivity contribution is 5.81. The Labute approximate surface area is 118 Å². The van der Waals surface area contributed by atoms with E-state index in [-0.39, 0.29) is 0 Å². The van der Waals surface area contributed by atoms with Crippen molar-refractivity contribution in [3.05, 3.63) is 0 Å². The Morgan fingerprint density at radius 2 is 1.84 bits per heavy atom. The molecular weight excluding hydrogens is 236 g/mol. The monoisotopic (exact) mass is 266 g/mol. The third kappa shape index (κ3) is 4.30. The van der Waals surface area contributed by atoms with E-state index in [0.717, 1.165) is 57.0 Å². The molecular formula is C17H30O2. The summed E-state index contributed by atoms with van der Waals surface area (Å²) >= 11 is 0. The van der Waals surface area contributed by atoms with E-state index in [1.807, 2.05) is 0 Å². The molecule has 0 aromatic carbocycles. The van der Waals surface area contributed by atoms with E-state index >= 15 is 0 Å². The van der Waals surface area contributed by atoms with Crippen molar-refractivity contribution < 1.29 is 9.53 Å². The first-order valence-corrected chi connectivity index (χ1v) is 8.20. The molecule has 2 rings (SSSR count). The van der Waals surface area contributed by atoms with E-state index in [2.05, 4.69) is 20.8 Å². The van der Waals surface area contributed by atoms with Crippen LogP contribution in [0.2, 0.25) is 0 Å². The first kappa shape index (κ1) is 15.0. The number of ketones is 1. The zero-order valence-electron chi connectivity index (χ0n) is 12.9. The lowest BCUT2D eigenvalue weighted by Crippen LogP contribution is -2.28. The van der Waals surface area contributed by atoms with Crippen LogP contribution in [0.4, 0.5) is 0 Å². The van der Waals surface area contributed by atoms with Gasteiger partial charge in [0.15, 0.2) is 0 Å². The van der Waals surface area contributed by atoms with Crippen LogP contribution in [-0.2, 0) is 9.53 Å². The molecule has 0 N–H and O–H groups in total. The van der Waals surface area contributed by atoms with Crippen molar-refractivity contribution in [1.29, 1.82) is 0 Å². The fourth-order valence-corrected chi connectivity index (χ4v) is 3.74. The van der Waals surface area contributed by atoms with Gasteiger partial charge in [0.05, 0.1) is 6.10 Å². The second-order valence-corrected chi connectivity index (χ2v) is 7.04. The summed E-state index contributed by atoms with van der Waals surface area (Å²) in [6.45, 7) is 7.68. The summed E-state index contributed by atoms with van der Waals surface area (Å²) in [5.74, 6) is 3.15. The number of ether oxygens (including phenoxy) is 1. The molecule has 0 aromatic rings. The molecule has 5 atom stereocenters. The van der Waals surface area contributed by atoms with Crippen LogP contribution in [0.1, 0.15) is 65.7 Å². The minimum Gasteiger partial charge on any atom is -0.378 e. The number of hydrogen-bond donors (Lipinski definition) is 0. The fourth-order valence-electron chi connectivity index (χ4n) is 3.74. The van der Waals surface area contributed by atoms with Gasteiger partial charge in [-0.2, -0.15) is 0 Å². The van der Waals surface area contributed by atoms with E-state index in [1.54, 1.807) is 0 Å². The molecule has 1 saturated carbocycles. The maximum Gasteiger partial charge on any atom is 0.135 e. The van der Waals surface area contributed by atoms with Gasteiger partial charge in [-0.15, -0.1) is 0 Å². The Hall–Kier alpha value is -0.370. The summed E-state index contributed by atoms with van der Waals surface area (Å²) < 4.78 is 5.57. The Kier molecular flexibility index (Phi) is 5.44. The number of hydrogen-bond acceptors (Lipinski definition) is 2. The van der Waals surface area contributed by atoms with Gasteiger partial charge in [-0.3, -0.25) is 4.79 Å². The van der Waals surface area contributed by atoms with Crippen LogP contribution in [0.5, 0.6) is 0 Å². The lowest BCUT2D eigenvalue weighted by atomic mass is 9.73. The molecule has 0 radical (unpaired) electrons. The molecule has 19 heavy (non-hydrogen) atoms. The normalized spacial score (nSPS) is 40.1. The topological polar surface area (TPSA) is 26.3 Å². The lowest BCUT2D eigenvalue weighted by molar-refractivity contribution is -0.125.